The van der Waals surface area contributed by atoms with Gasteiger partial charge in [-0.1, -0.05) is 17.7 Å². The van der Waals surface area contributed by atoms with E-state index in [0.29, 0.717) is 18.7 Å². The topological polar surface area (TPSA) is 58.6 Å². The zero-order chi connectivity index (χ0) is 15.2. The van der Waals surface area contributed by atoms with Crippen LogP contribution in [0.25, 0.3) is 0 Å². The molecule has 2 aromatic rings. The van der Waals surface area contributed by atoms with E-state index in [0.717, 1.165) is 16.8 Å². The minimum atomic E-state index is -0.319. The molecule has 2 aromatic carbocycles. The second-order valence-corrected chi connectivity index (χ2v) is 4.78. The minimum absolute atomic E-state index is 0.274. The number of carbonyl (C=O) groups excluding carboxylic acids is 1. The van der Waals surface area contributed by atoms with Gasteiger partial charge in [0.1, 0.15) is 5.75 Å². The number of hydrogen-bond donors (Lipinski definition) is 2. The van der Waals surface area contributed by atoms with Crippen LogP contribution in [0, 0.1) is 6.92 Å². The number of phenols is 1. The summed E-state index contributed by atoms with van der Waals surface area (Å²) in [7, 11) is 0. The molecule has 0 aliphatic heterocycles. The van der Waals surface area contributed by atoms with Crippen LogP contribution in [0.1, 0.15) is 28.4 Å². The summed E-state index contributed by atoms with van der Waals surface area (Å²) in [5.74, 6) is -0.0448. The van der Waals surface area contributed by atoms with Crippen molar-refractivity contribution in [2.24, 2.45) is 0 Å². The maximum Gasteiger partial charge on any atom is 0.338 e. The summed E-state index contributed by atoms with van der Waals surface area (Å²) < 4.78 is 4.93. The Labute approximate surface area is 124 Å². The van der Waals surface area contributed by atoms with Crippen molar-refractivity contribution in [3.05, 3.63) is 59.2 Å². The third-order valence-electron chi connectivity index (χ3n) is 3.11. The van der Waals surface area contributed by atoms with Crippen LogP contribution in [0.3, 0.4) is 0 Å². The number of rotatable bonds is 5. The molecule has 0 saturated heterocycles. The molecule has 2 N–H and O–H groups in total. The molecule has 0 radical (unpaired) electrons. The lowest BCUT2D eigenvalue weighted by molar-refractivity contribution is 0.0526. The normalized spacial score (nSPS) is 10.2. The first-order chi connectivity index (χ1) is 10.1. The zero-order valence-electron chi connectivity index (χ0n) is 12.2. The van der Waals surface area contributed by atoms with Gasteiger partial charge in [0.2, 0.25) is 0 Å². The molecule has 0 unspecified atom stereocenters. The number of carbonyl (C=O) groups is 1. The predicted octanol–water partition coefficient (Wildman–Crippen LogP) is 3.49. The first-order valence-electron chi connectivity index (χ1n) is 6.89. The predicted molar refractivity (Wildman–Crippen MR) is 82.6 cm³/mol. The van der Waals surface area contributed by atoms with E-state index in [9.17, 15) is 9.90 Å². The second kappa shape index (κ2) is 6.79. The third kappa shape index (κ3) is 3.99. The standard InChI is InChI=1S/C17H19NO3/c1-3-21-17(20)13-5-7-15(8-6-13)18-11-14-10-12(2)4-9-16(14)19/h4-10,18-19H,3,11H2,1-2H3. The van der Waals surface area contributed by atoms with Crippen LogP contribution in [0.5, 0.6) is 5.75 Å². The smallest absolute Gasteiger partial charge is 0.338 e. The molecule has 0 bridgehead atoms. The van der Waals surface area contributed by atoms with Crippen molar-refractivity contribution in [3.8, 4) is 5.75 Å². The maximum atomic E-state index is 11.5. The van der Waals surface area contributed by atoms with Crippen LogP contribution in [0.4, 0.5) is 5.69 Å². The molecule has 110 valence electrons. The average molecular weight is 285 g/mol. The Morgan fingerprint density at radius 2 is 1.90 bits per heavy atom. The Kier molecular flexibility index (Phi) is 4.82. The molecule has 2 rings (SSSR count). The Bertz CT molecular complexity index is 620. The molecular formula is C17H19NO3. The van der Waals surface area contributed by atoms with Crippen LogP contribution in [0.15, 0.2) is 42.5 Å². The molecule has 0 aromatic heterocycles. The van der Waals surface area contributed by atoms with Crippen molar-refractivity contribution < 1.29 is 14.6 Å². The lowest BCUT2D eigenvalue weighted by Gasteiger charge is -2.09. The van der Waals surface area contributed by atoms with Gasteiger partial charge in [-0.3, -0.25) is 0 Å². The van der Waals surface area contributed by atoms with E-state index in [4.69, 9.17) is 4.74 Å². The Balaban J connectivity index is 2.00. The van der Waals surface area contributed by atoms with Crippen LogP contribution in [-0.4, -0.2) is 17.7 Å². The van der Waals surface area contributed by atoms with Crippen LogP contribution < -0.4 is 5.32 Å². The number of aromatic hydroxyl groups is 1. The summed E-state index contributed by atoms with van der Waals surface area (Å²) in [6, 6.07) is 12.6. The van der Waals surface area contributed by atoms with Crippen LogP contribution >= 0.6 is 0 Å². The van der Waals surface area contributed by atoms with Gasteiger partial charge < -0.3 is 15.2 Å². The number of anilines is 1. The van der Waals surface area contributed by atoms with E-state index >= 15 is 0 Å². The lowest BCUT2D eigenvalue weighted by Crippen LogP contribution is -2.05. The van der Waals surface area contributed by atoms with E-state index in [-0.39, 0.29) is 11.7 Å². The van der Waals surface area contributed by atoms with Gasteiger partial charge >= 0.3 is 5.97 Å². The van der Waals surface area contributed by atoms with Gasteiger partial charge in [0.15, 0.2) is 0 Å². The molecule has 4 nitrogen and oxygen atoms in total. The highest BCUT2D eigenvalue weighted by Gasteiger charge is 2.06. The summed E-state index contributed by atoms with van der Waals surface area (Å²) in [4.78, 5) is 11.5. The number of nitrogens with one attached hydrogen (secondary N) is 1. The second-order valence-electron chi connectivity index (χ2n) is 4.78. The first kappa shape index (κ1) is 14.9. The third-order valence-corrected chi connectivity index (χ3v) is 3.11. The Hall–Kier alpha value is -2.49. The summed E-state index contributed by atoms with van der Waals surface area (Å²) in [5.41, 5.74) is 3.34. The van der Waals surface area contributed by atoms with Gasteiger partial charge in [-0.15, -0.1) is 0 Å². The number of aryl methyl sites for hydroxylation is 1. The molecule has 0 spiro atoms. The summed E-state index contributed by atoms with van der Waals surface area (Å²) >= 11 is 0. The first-order valence-corrected chi connectivity index (χ1v) is 6.89. The Morgan fingerprint density at radius 1 is 1.19 bits per heavy atom. The van der Waals surface area contributed by atoms with Gasteiger partial charge in [-0.2, -0.15) is 0 Å². The SMILES string of the molecule is CCOC(=O)c1ccc(NCc2cc(C)ccc2O)cc1. The van der Waals surface area contributed by atoms with Gasteiger partial charge in [0.05, 0.1) is 12.2 Å². The van der Waals surface area contributed by atoms with Crippen molar-refractivity contribution in [2.45, 2.75) is 20.4 Å². The van der Waals surface area contributed by atoms with Gasteiger partial charge in [0.25, 0.3) is 0 Å². The van der Waals surface area contributed by atoms with Gasteiger partial charge in [0, 0.05) is 17.8 Å². The molecule has 4 heteroatoms. The Morgan fingerprint density at radius 3 is 2.57 bits per heavy atom. The average Bonchev–Trinajstić information content (AvgIpc) is 2.49. The number of benzene rings is 2. The maximum absolute atomic E-state index is 11.5. The van der Waals surface area contributed by atoms with Crippen molar-refractivity contribution in [1.82, 2.24) is 0 Å². The fourth-order valence-corrected chi connectivity index (χ4v) is 1.99. The quantitative estimate of drug-likeness (QED) is 0.826. The molecule has 0 atom stereocenters. The van der Waals surface area contributed by atoms with Gasteiger partial charge in [-0.25, -0.2) is 4.79 Å². The fourth-order valence-electron chi connectivity index (χ4n) is 1.99. The van der Waals surface area contributed by atoms with E-state index in [1.807, 2.05) is 31.2 Å². The molecule has 0 amide bonds. The van der Waals surface area contributed by atoms with Crippen molar-refractivity contribution in [1.29, 1.82) is 0 Å². The molecule has 0 fully saturated rings. The highest BCUT2D eigenvalue weighted by molar-refractivity contribution is 5.89. The molecule has 0 aliphatic rings. The van der Waals surface area contributed by atoms with E-state index in [1.165, 1.54) is 0 Å². The number of esters is 1. The number of ether oxygens (including phenoxy) is 1. The van der Waals surface area contributed by atoms with E-state index in [1.54, 1.807) is 25.1 Å². The molecule has 21 heavy (non-hydrogen) atoms. The summed E-state index contributed by atoms with van der Waals surface area (Å²) in [5, 5.41) is 13.0. The number of phenolic OH excluding ortho intramolecular Hbond substituents is 1. The van der Waals surface area contributed by atoms with Gasteiger partial charge in [-0.05, 0) is 44.2 Å². The van der Waals surface area contributed by atoms with Crippen LogP contribution in [-0.2, 0) is 11.3 Å². The van der Waals surface area contributed by atoms with Crippen LogP contribution in [0.2, 0.25) is 0 Å². The van der Waals surface area contributed by atoms with Crippen molar-refractivity contribution in [2.75, 3.05) is 11.9 Å². The highest BCUT2D eigenvalue weighted by atomic mass is 16.5. The minimum Gasteiger partial charge on any atom is -0.508 e. The lowest BCUT2D eigenvalue weighted by atomic mass is 10.1. The summed E-state index contributed by atoms with van der Waals surface area (Å²) in [6.45, 7) is 4.65. The molecule has 0 aliphatic carbocycles. The fraction of sp³-hybridized carbons (Fsp3) is 0.235. The monoisotopic (exact) mass is 285 g/mol. The van der Waals surface area contributed by atoms with Crippen molar-refractivity contribution in [3.63, 3.8) is 0 Å². The number of hydrogen-bond acceptors (Lipinski definition) is 4. The zero-order valence-corrected chi connectivity index (χ0v) is 12.2. The van der Waals surface area contributed by atoms with Crippen molar-refractivity contribution >= 4 is 11.7 Å². The van der Waals surface area contributed by atoms with E-state index in [2.05, 4.69) is 5.32 Å². The molecule has 0 saturated carbocycles. The van der Waals surface area contributed by atoms with E-state index < -0.39 is 0 Å². The molecule has 0 heterocycles. The largest absolute Gasteiger partial charge is 0.508 e. The highest BCUT2D eigenvalue weighted by Crippen LogP contribution is 2.20. The summed E-state index contributed by atoms with van der Waals surface area (Å²) in [6.07, 6.45) is 0. The molecular weight excluding hydrogens is 266 g/mol.